The normalized spacial score (nSPS) is 18.8. The van der Waals surface area contributed by atoms with Crippen LogP contribution in [-0.2, 0) is 42.9 Å². The van der Waals surface area contributed by atoms with Crippen molar-refractivity contribution in [2.24, 2.45) is 0 Å². The summed E-state index contributed by atoms with van der Waals surface area (Å²) >= 11 is 0. The standard InChI is InChI=1S/C57H102O12/c1-4-7-10-13-16-19-22-24-25-27-29-31-34-37-40-43-49(58)65-46-48(67-50(59)44-41-38-35-32-28-21-18-15-12-9-6-3)47-66-57-55(53(62)52(61)54(69-57)56(63)64)68-51(60)45-42-39-36-33-30-26-23-20-17-14-11-8-5-2/h16,19,24-25,48,52-55,57,61-62H,4-15,17-18,20-23,26-47H2,1-3H3,(H,63,64)/b19-16-,25-24-. The summed E-state index contributed by atoms with van der Waals surface area (Å²) in [6.45, 7) is 5.95. The van der Waals surface area contributed by atoms with Crippen LogP contribution < -0.4 is 0 Å². The first-order valence-corrected chi connectivity index (χ1v) is 28.3. The predicted molar refractivity (Wildman–Crippen MR) is 276 cm³/mol. The van der Waals surface area contributed by atoms with E-state index >= 15 is 0 Å². The van der Waals surface area contributed by atoms with Crippen LogP contribution in [0.3, 0.4) is 0 Å². The van der Waals surface area contributed by atoms with Gasteiger partial charge in [-0.2, -0.15) is 0 Å². The van der Waals surface area contributed by atoms with Crippen LogP contribution in [-0.4, -0.2) is 89.2 Å². The van der Waals surface area contributed by atoms with Crippen LogP contribution in [0.15, 0.2) is 24.3 Å². The first-order chi connectivity index (χ1) is 33.6. The van der Waals surface area contributed by atoms with Gasteiger partial charge >= 0.3 is 23.9 Å². The molecule has 1 saturated heterocycles. The first kappa shape index (κ1) is 64.2. The number of carbonyl (C=O) groups excluding carboxylic acids is 3. The van der Waals surface area contributed by atoms with Gasteiger partial charge in [-0.25, -0.2) is 4.79 Å². The Morgan fingerprint density at radius 1 is 0.478 bits per heavy atom. The SMILES string of the molecule is CCCCC/C=C\C/C=C\CCCCCCCC(=O)OCC(COC1OC(C(=O)O)C(O)C(O)C1OC(=O)CCCCCCCCCCCCCCC)OC(=O)CCCCCCCCCCCCC. The Morgan fingerprint density at radius 2 is 0.870 bits per heavy atom. The molecule has 69 heavy (non-hydrogen) atoms. The highest BCUT2D eigenvalue weighted by molar-refractivity contribution is 5.74. The van der Waals surface area contributed by atoms with Crippen LogP contribution in [0.1, 0.15) is 265 Å². The third-order valence-corrected chi connectivity index (χ3v) is 13.0. The van der Waals surface area contributed by atoms with E-state index in [9.17, 15) is 34.5 Å². The number of carboxylic acid groups (broad SMARTS) is 1. The van der Waals surface area contributed by atoms with Crippen molar-refractivity contribution in [2.45, 2.75) is 302 Å². The van der Waals surface area contributed by atoms with Crippen molar-refractivity contribution in [3.8, 4) is 0 Å². The predicted octanol–water partition coefficient (Wildman–Crippen LogP) is 13.9. The van der Waals surface area contributed by atoms with Crippen LogP contribution in [0.4, 0.5) is 0 Å². The minimum atomic E-state index is -1.90. The van der Waals surface area contributed by atoms with Gasteiger partial charge in [0.25, 0.3) is 0 Å². The van der Waals surface area contributed by atoms with Crippen molar-refractivity contribution >= 4 is 23.9 Å². The summed E-state index contributed by atoms with van der Waals surface area (Å²) in [6.07, 6.45) is 38.7. The molecule has 1 aliphatic heterocycles. The Hall–Kier alpha value is -2.80. The molecule has 0 radical (unpaired) electrons. The number of ether oxygens (including phenoxy) is 5. The van der Waals surface area contributed by atoms with Gasteiger partial charge in [0, 0.05) is 19.3 Å². The van der Waals surface area contributed by atoms with Crippen LogP contribution in [0.25, 0.3) is 0 Å². The summed E-state index contributed by atoms with van der Waals surface area (Å²) in [5, 5.41) is 31.4. The van der Waals surface area contributed by atoms with Crippen molar-refractivity contribution < 1.29 is 58.2 Å². The number of carboxylic acids is 1. The molecule has 12 nitrogen and oxygen atoms in total. The van der Waals surface area contributed by atoms with Crippen LogP contribution in [0.2, 0.25) is 0 Å². The summed E-state index contributed by atoms with van der Waals surface area (Å²) in [5.41, 5.74) is 0. The molecular weight excluding hydrogens is 877 g/mol. The molecule has 402 valence electrons. The van der Waals surface area contributed by atoms with Crippen LogP contribution >= 0.6 is 0 Å². The van der Waals surface area contributed by atoms with Crippen LogP contribution in [0, 0.1) is 0 Å². The maximum Gasteiger partial charge on any atom is 0.335 e. The van der Waals surface area contributed by atoms with E-state index < -0.39 is 67.3 Å². The number of unbranched alkanes of at least 4 members (excludes halogenated alkanes) is 30. The number of aliphatic hydroxyl groups is 2. The Balaban J connectivity index is 2.70. The number of carbonyl (C=O) groups is 4. The van der Waals surface area contributed by atoms with E-state index in [1.54, 1.807) is 0 Å². The van der Waals surface area contributed by atoms with E-state index in [-0.39, 0.29) is 25.9 Å². The second kappa shape index (κ2) is 46.3. The quantitative estimate of drug-likeness (QED) is 0.0228. The van der Waals surface area contributed by atoms with Crippen molar-refractivity contribution in [2.75, 3.05) is 13.2 Å². The second-order valence-electron chi connectivity index (χ2n) is 19.6. The number of rotatable bonds is 48. The zero-order valence-electron chi connectivity index (χ0n) is 44.1. The van der Waals surface area contributed by atoms with Gasteiger partial charge in [-0.15, -0.1) is 0 Å². The zero-order chi connectivity index (χ0) is 50.4. The average Bonchev–Trinajstić information content (AvgIpc) is 3.33. The van der Waals surface area contributed by atoms with E-state index in [0.29, 0.717) is 19.3 Å². The maximum absolute atomic E-state index is 13.1. The van der Waals surface area contributed by atoms with Gasteiger partial charge in [-0.1, -0.05) is 218 Å². The van der Waals surface area contributed by atoms with Gasteiger partial charge in [0.05, 0.1) is 6.61 Å². The van der Waals surface area contributed by atoms with E-state index in [1.165, 1.54) is 116 Å². The highest BCUT2D eigenvalue weighted by atomic mass is 16.7. The summed E-state index contributed by atoms with van der Waals surface area (Å²) < 4.78 is 28.4. The fourth-order valence-electron chi connectivity index (χ4n) is 8.63. The van der Waals surface area contributed by atoms with Gasteiger partial charge < -0.3 is 39.0 Å². The lowest BCUT2D eigenvalue weighted by atomic mass is 9.98. The molecule has 0 bridgehead atoms. The minimum Gasteiger partial charge on any atom is -0.479 e. The molecule has 0 aromatic carbocycles. The average molecular weight is 979 g/mol. The van der Waals surface area contributed by atoms with Crippen molar-refractivity contribution in [1.82, 2.24) is 0 Å². The zero-order valence-corrected chi connectivity index (χ0v) is 44.1. The molecule has 0 saturated carbocycles. The lowest BCUT2D eigenvalue weighted by molar-refractivity contribution is -0.301. The fraction of sp³-hybridized carbons (Fsp3) is 0.860. The van der Waals surface area contributed by atoms with E-state index in [1.807, 2.05) is 0 Å². The van der Waals surface area contributed by atoms with Gasteiger partial charge in [0.2, 0.25) is 0 Å². The molecule has 1 fully saturated rings. The summed E-state index contributed by atoms with van der Waals surface area (Å²) in [7, 11) is 0. The minimum absolute atomic E-state index is 0.0656. The van der Waals surface area contributed by atoms with Crippen molar-refractivity contribution in [1.29, 1.82) is 0 Å². The lowest BCUT2D eigenvalue weighted by Crippen LogP contribution is -2.61. The Morgan fingerprint density at radius 3 is 1.33 bits per heavy atom. The van der Waals surface area contributed by atoms with Crippen molar-refractivity contribution in [3.05, 3.63) is 24.3 Å². The van der Waals surface area contributed by atoms with Crippen molar-refractivity contribution in [3.63, 3.8) is 0 Å². The number of hydrogen-bond donors (Lipinski definition) is 3. The molecule has 1 heterocycles. The molecule has 12 heteroatoms. The summed E-state index contributed by atoms with van der Waals surface area (Å²) in [5.74, 6) is -3.11. The molecule has 0 amide bonds. The molecule has 3 N–H and O–H groups in total. The van der Waals surface area contributed by atoms with E-state index in [4.69, 9.17) is 23.7 Å². The Bertz CT molecular complexity index is 1300. The second-order valence-corrected chi connectivity index (χ2v) is 19.6. The number of hydrogen-bond acceptors (Lipinski definition) is 11. The smallest absolute Gasteiger partial charge is 0.335 e. The number of aliphatic carboxylic acids is 1. The molecule has 1 rings (SSSR count). The Labute approximate surface area is 419 Å². The molecular formula is C57H102O12. The number of allylic oxidation sites excluding steroid dienone is 4. The molecule has 0 aliphatic carbocycles. The Kier molecular flexibility index (Phi) is 43.1. The molecule has 6 atom stereocenters. The highest BCUT2D eigenvalue weighted by Crippen LogP contribution is 2.26. The third kappa shape index (κ3) is 36.7. The third-order valence-electron chi connectivity index (χ3n) is 13.0. The topological polar surface area (TPSA) is 175 Å². The van der Waals surface area contributed by atoms with Gasteiger partial charge in [-0.3, -0.25) is 14.4 Å². The molecule has 0 aromatic heterocycles. The molecule has 0 aromatic rings. The maximum atomic E-state index is 13.1. The first-order valence-electron chi connectivity index (χ1n) is 28.3. The van der Waals surface area contributed by atoms with E-state index in [0.717, 1.165) is 89.9 Å². The summed E-state index contributed by atoms with van der Waals surface area (Å²) in [6, 6.07) is 0. The monoisotopic (exact) mass is 979 g/mol. The van der Waals surface area contributed by atoms with Gasteiger partial charge in [0.1, 0.15) is 18.8 Å². The summed E-state index contributed by atoms with van der Waals surface area (Å²) in [4.78, 5) is 50.9. The lowest BCUT2D eigenvalue weighted by Gasteiger charge is -2.40. The fourth-order valence-corrected chi connectivity index (χ4v) is 8.63. The van der Waals surface area contributed by atoms with Crippen LogP contribution in [0.5, 0.6) is 0 Å². The van der Waals surface area contributed by atoms with Gasteiger partial charge in [0.15, 0.2) is 24.6 Å². The van der Waals surface area contributed by atoms with E-state index in [2.05, 4.69) is 45.1 Å². The molecule has 0 spiro atoms. The highest BCUT2D eigenvalue weighted by Gasteiger charge is 2.50. The molecule has 6 unspecified atom stereocenters. The number of esters is 3. The largest absolute Gasteiger partial charge is 0.479 e. The molecule has 1 aliphatic rings. The van der Waals surface area contributed by atoms with Gasteiger partial charge in [-0.05, 0) is 51.4 Å². The number of aliphatic hydroxyl groups excluding tert-OH is 2.